The van der Waals surface area contributed by atoms with Gasteiger partial charge in [0.2, 0.25) is 0 Å². The summed E-state index contributed by atoms with van der Waals surface area (Å²) in [6.45, 7) is 2.07. The fraction of sp³-hybridized carbons (Fsp3) is 0.565. The highest BCUT2D eigenvalue weighted by molar-refractivity contribution is 5.96. The second-order valence-corrected chi connectivity index (χ2v) is 8.43. The monoisotopic (exact) mass is 397 g/mol. The van der Waals surface area contributed by atoms with Crippen LogP contribution >= 0.6 is 0 Å². The predicted octanol–water partition coefficient (Wildman–Crippen LogP) is 4.31. The standard InChI is InChI=1S/C23H31N3O3/c27-22(21-15-18-7-5-6-10-20(18)29-21)26-13-11-17(12-14-26)16-24-23(28)25-19-8-3-1-2-4-9-19/h5-7,10,15,17,19H,1-4,8-9,11-14,16H2,(H2,24,25,28). The number of fused-ring (bicyclic) bond motifs is 1. The second-order valence-electron chi connectivity index (χ2n) is 8.43. The number of piperidine rings is 1. The molecule has 2 aromatic rings. The van der Waals surface area contributed by atoms with Gasteiger partial charge in [-0.25, -0.2) is 4.79 Å². The van der Waals surface area contributed by atoms with Gasteiger partial charge >= 0.3 is 6.03 Å². The number of hydrogen-bond donors (Lipinski definition) is 2. The smallest absolute Gasteiger partial charge is 0.315 e. The van der Waals surface area contributed by atoms with Crippen LogP contribution < -0.4 is 10.6 Å². The summed E-state index contributed by atoms with van der Waals surface area (Å²) < 4.78 is 5.71. The van der Waals surface area contributed by atoms with E-state index in [1.54, 1.807) is 0 Å². The lowest BCUT2D eigenvalue weighted by atomic mass is 9.96. The van der Waals surface area contributed by atoms with Gasteiger partial charge in [0.1, 0.15) is 5.58 Å². The van der Waals surface area contributed by atoms with Crippen LogP contribution in [-0.4, -0.2) is 42.5 Å². The molecule has 3 amide bonds. The van der Waals surface area contributed by atoms with Gasteiger partial charge < -0.3 is 20.0 Å². The SMILES string of the molecule is O=C(NCC1CCN(C(=O)c2cc3ccccc3o2)CC1)NC1CCCCCC1. The fourth-order valence-electron chi connectivity index (χ4n) is 4.48. The first-order valence-corrected chi connectivity index (χ1v) is 11.0. The molecule has 1 saturated heterocycles. The van der Waals surface area contributed by atoms with E-state index in [4.69, 9.17) is 4.42 Å². The predicted molar refractivity (Wildman–Crippen MR) is 113 cm³/mol. The zero-order valence-electron chi connectivity index (χ0n) is 17.0. The number of carbonyl (C=O) groups excluding carboxylic acids is 2. The first-order valence-electron chi connectivity index (χ1n) is 11.0. The quantitative estimate of drug-likeness (QED) is 0.755. The number of urea groups is 1. The lowest BCUT2D eigenvalue weighted by Crippen LogP contribution is -2.45. The molecule has 6 nitrogen and oxygen atoms in total. The molecule has 1 aromatic carbocycles. The van der Waals surface area contributed by atoms with Crippen LogP contribution in [0.2, 0.25) is 0 Å². The van der Waals surface area contributed by atoms with Crippen molar-refractivity contribution in [1.29, 1.82) is 0 Å². The van der Waals surface area contributed by atoms with Crippen LogP contribution in [-0.2, 0) is 0 Å². The minimum Gasteiger partial charge on any atom is -0.451 e. The summed E-state index contributed by atoms with van der Waals surface area (Å²) in [6, 6.07) is 9.78. The normalized spacial score (nSPS) is 19.1. The molecule has 0 bridgehead atoms. The second kappa shape index (κ2) is 9.33. The van der Waals surface area contributed by atoms with Gasteiger partial charge in [0.25, 0.3) is 5.91 Å². The van der Waals surface area contributed by atoms with Crippen LogP contribution in [0.3, 0.4) is 0 Å². The minimum absolute atomic E-state index is 0.0429. The van der Waals surface area contributed by atoms with E-state index in [-0.39, 0.29) is 11.9 Å². The van der Waals surface area contributed by atoms with Crippen LogP contribution in [0.5, 0.6) is 0 Å². The van der Waals surface area contributed by atoms with Gasteiger partial charge in [0.05, 0.1) is 0 Å². The molecule has 4 rings (SSSR count). The van der Waals surface area contributed by atoms with Crippen molar-refractivity contribution in [2.75, 3.05) is 19.6 Å². The van der Waals surface area contributed by atoms with E-state index in [1.807, 2.05) is 35.2 Å². The summed E-state index contributed by atoms with van der Waals surface area (Å²) in [4.78, 5) is 26.8. The van der Waals surface area contributed by atoms with Crippen LogP contribution in [0, 0.1) is 5.92 Å². The fourth-order valence-corrected chi connectivity index (χ4v) is 4.48. The number of hydrogen-bond acceptors (Lipinski definition) is 3. The van der Waals surface area contributed by atoms with Crippen molar-refractivity contribution < 1.29 is 14.0 Å². The van der Waals surface area contributed by atoms with Crippen LogP contribution in [0.15, 0.2) is 34.7 Å². The number of furan rings is 1. The molecule has 1 saturated carbocycles. The maximum absolute atomic E-state index is 12.7. The van der Waals surface area contributed by atoms with Gasteiger partial charge in [-0.2, -0.15) is 0 Å². The Bertz CT molecular complexity index is 798. The lowest BCUT2D eigenvalue weighted by Gasteiger charge is -2.31. The van der Waals surface area contributed by atoms with E-state index in [0.29, 0.717) is 37.4 Å². The van der Waals surface area contributed by atoms with Crippen molar-refractivity contribution in [2.45, 2.75) is 57.4 Å². The Morgan fingerprint density at radius 2 is 1.72 bits per heavy atom. The molecule has 0 atom stereocenters. The molecule has 0 radical (unpaired) electrons. The third-order valence-electron chi connectivity index (χ3n) is 6.28. The van der Waals surface area contributed by atoms with Crippen molar-refractivity contribution in [1.82, 2.24) is 15.5 Å². The van der Waals surface area contributed by atoms with Crippen LogP contribution in [0.25, 0.3) is 11.0 Å². The number of nitrogens with zero attached hydrogens (tertiary/aromatic N) is 1. The van der Waals surface area contributed by atoms with Gasteiger partial charge in [-0.1, -0.05) is 43.9 Å². The highest BCUT2D eigenvalue weighted by Gasteiger charge is 2.26. The molecular weight excluding hydrogens is 366 g/mol. The molecule has 2 fully saturated rings. The summed E-state index contributed by atoms with van der Waals surface area (Å²) in [7, 11) is 0. The number of nitrogens with one attached hydrogen (secondary N) is 2. The molecule has 156 valence electrons. The molecule has 6 heteroatoms. The zero-order chi connectivity index (χ0) is 20.1. The Kier molecular flexibility index (Phi) is 6.37. The molecule has 2 aliphatic rings. The Balaban J connectivity index is 1.21. The molecular formula is C23H31N3O3. The summed E-state index contributed by atoms with van der Waals surface area (Å²) in [5.74, 6) is 0.777. The molecule has 2 N–H and O–H groups in total. The Morgan fingerprint density at radius 1 is 1.00 bits per heavy atom. The first-order chi connectivity index (χ1) is 14.2. The summed E-state index contributed by atoms with van der Waals surface area (Å²) in [5, 5.41) is 7.13. The Labute approximate surface area is 172 Å². The van der Waals surface area contributed by atoms with Crippen molar-refractivity contribution in [2.24, 2.45) is 5.92 Å². The van der Waals surface area contributed by atoms with Gasteiger partial charge in [-0.3, -0.25) is 4.79 Å². The summed E-state index contributed by atoms with van der Waals surface area (Å²) in [5.41, 5.74) is 0.745. The van der Waals surface area contributed by atoms with Gasteiger partial charge in [0, 0.05) is 31.1 Å². The average Bonchev–Trinajstić information content (AvgIpc) is 3.02. The van der Waals surface area contributed by atoms with E-state index in [1.165, 1.54) is 25.7 Å². The van der Waals surface area contributed by atoms with Crippen molar-refractivity contribution >= 4 is 22.9 Å². The number of benzene rings is 1. The lowest BCUT2D eigenvalue weighted by molar-refractivity contribution is 0.0661. The highest BCUT2D eigenvalue weighted by Crippen LogP contribution is 2.23. The summed E-state index contributed by atoms with van der Waals surface area (Å²) >= 11 is 0. The van der Waals surface area contributed by atoms with Crippen molar-refractivity contribution in [3.05, 3.63) is 36.1 Å². The highest BCUT2D eigenvalue weighted by atomic mass is 16.3. The van der Waals surface area contributed by atoms with E-state index in [0.717, 1.165) is 36.7 Å². The van der Waals surface area contributed by atoms with Crippen LogP contribution in [0.1, 0.15) is 61.9 Å². The van der Waals surface area contributed by atoms with Gasteiger partial charge in [-0.05, 0) is 43.7 Å². The largest absolute Gasteiger partial charge is 0.451 e. The topological polar surface area (TPSA) is 74.6 Å². The van der Waals surface area contributed by atoms with Crippen molar-refractivity contribution in [3.8, 4) is 0 Å². The minimum atomic E-state index is -0.0438. The third kappa shape index (κ3) is 5.11. The number of carbonyl (C=O) groups is 2. The maximum atomic E-state index is 12.7. The van der Waals surface area contributed by atoms with E-state index >= 15 is 0 Å². The molecule has 0 spiro atoms. The van der Waals surface area contributed by atoms with E-state index in [9.17, 15) is 9.59 Å². The first kappa shape index (κ1) is 19.8. The number of rotatable bonds is 4. The van der Waals surface area contributed by atoms with Crippen LogP contribution in [0.4, 0.5) is 4.79 Å². The number of amides is 3. The molecule has 1 aromatic heterocycles. The van der Waals surface area contributed by atoms with Gasteiger partial charge in [-0.15, -0.1) is 0 Å². The molecule has 1 aliphatic heterocycles. The maximum Gasteiger partial charge on any atom is 0.315 e. The van der Waals surface area contributed by atoms with Gasteiger partial charge in [0.15, 0.2) is 5.76 Å². The number of likely N-dealkylation sites (tertiary alicyclic amines) is 1. The Morgan fingerprint density at radius 3 is 2.45 bits per heavy atom. The third-order valence-corrected chi connectivity index (χ3v) is 6.28. The average molecular weight is 398 g/mol. The molecule has 2 heterocycles. The van der Waals surface area contributed by atoms with E-state index in [2.05, 4.69) is 10.6 Å². The molecule has 0 unspecified atom stereocenters. The molecule has 1 aliphatic carbocycles. The Hall–Kier alpha value is -2.50. The summed E-state index contributed by atoms with van der Waals surface area (Å²) in [6.07, 6.45) is 8.97. The zero-order valence-corrected chi connectivity index (χ0v) is 17.0. The van der Waals surface area contributed by atoms with E-state index < -0.39 is 0 Å². The van der Waals surface area contributed by atoms with Crippen molar-refractivity contribution in [3.63, 3.8) is 0 Å². The number of para-hydroxylation sites is 1. The molecule has 29 heavy (non-hydrogen) atoms.